The number of aromatic amines is 1. The van der Waals surface area contributed by atoms with Crippen LogP contribution in [0.3, 0.4) is 0 Å². The van der Waals surface area contributed by atoms with Gasteiger partial charge < -0.3 is 10.6 Å². The zero-order chi connectivity index (χ0) is 18.8. The van der Waals surface area contributed by atoms with E-state index < -0.39 is 0 Å². The largest absolute Gasteiger partial charge is 0.354 e. The van der Waals surface area contributed by atoms with Crippen molar-refractivity contribution in [3.63, 3.8) is 0 Å². The van der Waals surface area contributed by atoms with Crippen LogP contribution in [0.25, 0.3) is 0 Å². The molecule has 0 atom stereocenters. The third-order valence-corrected chi connectivity index (χ3v) is 4.77. The van der Waals surface area contributed by atoms with Crippen LogP contribution in [0.15, 0.2) is 0 Å². The van der Waals surface area contributed by atoms with Crippen molar-refractivity contribution in [2.45, 2.75) is 40.3 Å². The van der Waals surface area contributed by atoms with Crippen LogP contribution in [0.5, 0.6) is 0 Å². The second-order valence-electron chi connectivity index (χ2n) is 6.48. The number of hydrogen-bond donors (Lipinski definition) is 3. The molecule has 1 aliphatic rings. The van der Waals surface area contributed by atoms with Crippen LogP contribution in [0.2, 0.25) is 0 Å². The molecule has 3 heterocycles. The van der Waals surface area contributed by atoms with E-state index in [2.05, 4.69) is 25.9 Å². The van der Waals surface area contributed by atoms with Crippen molar-refractivity contribution in [3.8, 4) is 0 Å². The molecule has 0 aromatic carbocycles. The van der Waals surface area contributed by atoms with Crippen molar-refractivity contribution in [1.29, 1.82) is 0 Å². The molecule has 0 aliphatic carbocycles. The molecule has 0 fully saturated rings. The molecule has 9 heteroatoms. The Morgan fingerprint density at radius 1 is 1.31 bits per heavy atom. The zero-order valence-electron chi connectivity index (χ0n) is 15.6. The van der Waals surface area contributed by atoms with Gasteiger partial charge >= 0.3 is 0 Å². The maximum Gasteiger partial charge on any atom is 0.271 e. The molecule has 0 unspecified atom stereocenters. The van der Waals surface area contributed by atoms with E-state index in [-0.39, 0.29) is 18.4 Å². The number of aromatic nitrogens is 4. The minimum absolute atomic E-state index is 0.0831. The SMILES string of the molecule is CCn1nc(C)c(NC(=O)CN2CCc3[nH]nc(C(=O)NC)c3C2)c1C. The van der Waals surface area contributed by atoms with E-state index in [4.69, 9.17) is 0 Å². The molecule has 0 saturated heterocycles. The monoisotopic (exact) mass is 359 g/mol. The Labute approximate surface area is 152 Å². The Kier molecular flexibility index (Phi) is 5.08. The number of anilines is 1. The number of carbonyl (C=O) groups excluding carboxylic acids is 2. The fraction of sp³-hybridized carbons (Fsp3) is 0.529. The standard InChI is InChI=1S/C17H25N7O2/c1-5-24-11(3)15(10(2)22-24)19-14(25)9-23-7-6-13-12(8-23)16(21-20-13)17(26)18-4/h5-9H2,1-4H3,(H,18,26)(H,19,25)(H,20,21). The van der Waals surface area contributed by atoms with Gasteiger partial charge in [-0.05, 0) is 20.8 Å². The summed E-state index contributed by atoms with van der Waals surface area (Å²) in [7, 11) is 1.58. The summed E-state index contributed by atoms with van der Waals surface area (Å²) in [5, 5.41) is 17.0. The summed E-state index contributed by atoms with van der Waals surface area (Å²) >= 11 is 0. The van der Waals surface area contributed by atoms with Crippen molar-refractivity contribution in [1.82, 2.24) is 30.2 Å². The molecular formula is C17H25N7O2. The Balaban J connectivity index is 1.67. The van der Waals surface area contributed by atoms with Crippen molar-refractivity contribution >= 4 is 17.5 Å². The molecule has 0 bridgehead atoms. The van der Waals surface area contributed by atoms with Gasteiger partial charge in [-0.2, -0.15) is 10.2 Å². The van der Waals surface area contributed by atoms with Crippen LogP contribution in [-0.2, 0) is 24.3 Å². The summed E-state index contributed by atoms with van der Waals surface area (Å²) in [6.07, 6.45) is 0.735. The summed E-state index contributed by atoms with van der Waals surface area (Å²) in [6, 6.07) is 0. The fourth-order valence-electron chi connectivity index (χ4n) is 3.36. The molecule has 2 amide bonds. The Hall–Kier alpha value is -2.68. The molecule has 3 rings (SSSR count). The van der Waals surface area contributed by atoms with E-state index in [1.165, 1.54) is 0 Å². The van der Waals surface area contributed by atoms with E-state index >= 15 is 0 Å². The summed E-state index contributed by atoms with van der Waals surface area (Å²) in [5.74, 6) is -0.299. The van der Waals surface area contributed by atoms with E-state index in [0.717, 1.165) is 47.8 Å². The highest BCUT2D eigenvalue weighted by Crippen LogP contribution is 2.22. The molecule has 2 aromatic heterocycles. The number of nitrogens with one attached hydrogen (secondary N) is 3. The second-order valence-corrected chi connectivity index (χ2v) is 6.48. The van der Waals surface area contributed by atoms with Gasteiger partial charge in [-0.15, -0.1) is 0 Å². The quantitative estimate of drug-likeness (QED) is 0.724. The van der Waals surface area contributed by atoms with Crippen LogP contribution < -0.4 is 10.6 Å². The number of rotatable bonds is 5. The second kappa shape index (κ2) is 7.28. The third kappa shape index (κ3) is 3.34. The van der Waals surface area contributed by atoms with E-state index in [0.29, 0.717) is 12.2 Å². The Bertz CT molecular complexity index is 837. The third-order valence-electron chi connectivity index (χ3n) is 4.77. The number of H-pyrrole nitrogens is 1. The van der Waals surface area contributed by atoms with Crippen molar-refractivity contribution < 1.29 is 9.59 Å². The predicted octanol–water partition coefficient (Wildman–Crippen LogP) is 0.599. The lowest BCUT2D eigenvalue weighted by Gasteiger charge is -2.26. The van der Waals surface area contributed by atoms with Gasteiger partial charge in [-0.1, -0.05) is 0 Å². The number of carbonyl (C=O) groups is 2. The smallest absolute Gasteiger partial charge is 0.271 e. The van der Waals surface area contributed by atoms with Crippen LogP contribution in [-0.4, -0.2) is 56.8 Å². The molecule has 0 spiro atoms. The van der Waals surface area contributed by atoms with Gasteiger partial charge in [-0.3, -0.25) is 24.3 Å². The summed E-state index contributed by atoms with van der Waals surface area (Å²) in [4.78, 5) is 26.5. The molecule has 1 aliphatic heterocycles. The van der Waals surface area contributed by atoms with E-state index in [1.807, 2.05) is 30.4 Å². The molecule has 140 valence electrons. The Morgan fingerprint density at radius 3 is 2.73 bits per heavy atom. The molecule has 3 N–H and O–H groups in total. The normalized spacial score (nSPS) is 14.2. The highest BCUT2D eigenvalue weighted by molar-refractivity contribution is 5.94. The molecule has 0 saturated carbocycles. The van der Waals surface area contributed by atoms with Crippen LogP contribution >= 0.6 is 0 Å². The molecule has 26 heavy (non-hydrogen) atoms. The summed E-state index contributed by atoms with van der Waals surface area (Å²) < 4.78 is 1.87. The predicted molar refractivity (Wildman–Crippen MR) is 97.0 cm³/mol. The number of hydrogen-bond acceptors (Lipinski definition) is 5. The maximum absolute atomic E-state index is 12.5. The number of amides is 2. The first kappa shape index (κ1) is 18.1. The topological polar surface area (TPSA) is 108 Å². The number of nitrogens with zero attached hydrogens (tertiary/aromatic N) is 4. The van der Waals surface area contributed by atoms with Crippen LogP contribution in [0, 0.1) is 13.8 Å². The van der Waals surface area contributed by atoms with Gasteiger partial charge in [0.1, 0.15) is 0 Å². The minimum atomic E-state index is -0.216. The molecular weight excluding hydrogens is 334 g/mol. The number of fused-ring (bicyclic) bond motifs is 1. The lowest BCUT2D eigenvalue weighted by molar-refractivity contribution is -0.117. The maximum atomic E-state index is 12.5. The fourth-order valence-corrected chi connectivity index (χ4v) is 3.36. The van der Waals surface area contributed by atoms with E-state index in [9.17, 15) is 9.59 Å². The highest BCUT2D eigenvalue weighted by Gasteiger charge is 2.26. The van der Waals surface area contributed by atoms with Gasteiger partial charge in [0.15, 0.2) is 5.69 Å². The van der Waals surface area contributed by atoms with Crippen molar-refractivity contribution in [3.05, 3.63) is 28.3 Å². The van der Waals surface area contributed by atoms with Crippen LogP contribution in [0.1, 0.15) is 40.1 Å². The zero-order valence-corrected chi connectivity index (χ0v) is 15.6. The lowest BCUT2D eigenvalue weighted by Crippen LogP contribution is -2.37. The molecule has 9 nitrogen and oxygen atoms in total. The minimum Gasteiger partial charge on any atom is -0.354 e. The van der Waals surface area contributed by atoms with E-state index in [1.54, 1.807) is 7.05 Å². The van der Waals surface area contributed by atoms with Crippen molar-refractivity contribution in [2.24, 2.45) is 0 Å². The Morgan fingerprint density at radius 2 is 2.08 bits per heavy atom. The average molecular weight is 359 g/mol. The summed E-state index contributed by atoms with van der Waals surface area (Å²) in [5.41, 5.74) is 4.80. The first-order valence-electron chi connectivity index (χ1n) is 8.79. The van der Waals surface area contributed by atoms with Gasteiger partial charge in [0, 0.05) is 44.4 Å². The van der Waals surface area contributed by atoms with Crippen LogP contribution in [0.4, 0.5) is 5.69 Å². The van der Waals surface area contributed by atoms with Gasteiger partial charge in [0.05, 0.1) is 23.6 Å². The van der Waals surface area contributed by atoms with Gasteiger partial charge in [0.2, 0.25) is 5.91 Å². The summed E-state index contributed by atoms with van der Waals surface area (Å²) in [6.45, 7) is 8.14. The van der Waals surface area contributed by atoms with Gasteiger partial charge in [-0.25, -0.2) is 0 Å². The number of aryl methyl sites for hydroxylation is 2. The first-order chi connectivity index (χ1) is 12.4. The molecule has 2 aromatic rings. The highest BCUT2D eigenvalue weighted by atomic mass is 16.2. The lowest BCUT2D eigenvalue weighted by atomic mass is 10.0. The molecule has 0 radical (unpaired) electrons. The van der Waals surface area contributed by atoms with Gasteiger partial charge in [0.25, 0.3) is 5.91 Å². The first-order valence-corrected chi connectivity index (χ1v) is 8.79. The van der Waals surface area contributed by atoms with Crippen molar-refractivity contribution in [2.75, 3.05) is 25.5 Å². The average Bonchev–Trinajstić information content (AvgIpc) is 3.16.